The van der Waals surface area contributed by atoms with E-state index in [-0.39, 0.29) is 16.1 Å². The van der Waals surface area contributed by atoms with Crippen LogP contribution in [0.5, 0.6) is 5.75 Å². The molecule has 3 aromatic rings. The van der Waals surface area contributed by atoms with E-state index in [9.17, 15) is 17.6 Å². The van der Waals surface area contributed by atoms with E-state index in [0.29, 0.717) is 30.2 Å². The number of carbonyl (C=O) groups is 1. The fourth-order valence-corrected chi connectivity index (χ4v) is 3.96. The summed E-state index contributed by atoms with van der Waals surface area (Å²) in [6.45, 7) is 2.49. The second-order valence-electron chi connectivity index (χ2n) is 6.89. The van der Waals surface area contributed by atoms with Crippen molar-refractivity contribution in [2.45, 2.75) is 11.8 Å². The van der Waals surface area contributed by atoms with E-state index in [0.717, 1.165) is 6.07 Å². The first-order chi connectivity index (χ1) is 15.3. The predicted octanol–water partition coefficient (Wildman–Crippen LogP) is 4.21. The van der Waals surface area contributed by atoms with Gasteiger partial charge in [-0.2, -0.15) is 0 Å². The highest BCUT2D eigenvalue weighted by molar-refractivity contribution is 7.92. The van der Waals surface area contributed by atoms with Gasteiger partial charge in [-0.25, -0.2) is 12.8 Å². The monoisotopic (exact) mass is 458 g/mol. The van der Waals surface area contributed by atoms with Crippen LogP contribution in [0.25, 0.3) is 0 Å². The van der Waals surface area contributed by atoms with Crippen LogP contribution < -0.4 is 14.8 Å². The summed E-state index contributed by atoms with van der Waals surface area (Å²) >= 11 is 0. The van der Waals surface area contributed by atoms with Gasteiger partial charge in [-0.05, 0) is 48.9 Å². The Hall–Kier alpha value is -3.43. The molecule has 0 aliphatic heterocycles. The third kappa shape index (κ3) is 5.83. The number of aryl methyl sites for hydroxylation is 1. The Balaban J connectivity index is 1.80. The standard InChI is InChI=1S/C23H23FN2O5S/c1-16-10-11-19(32(28,29)26-22-9-4-3-8-21(22)24)15-20(16)23(27)25-17-6-5-7-18(14-17)31-13-12-30-2/h3-11,14-15,26H,12-13H2,1-2H3,(H,25,27). The third-order valence-corrected chi connectivity index (χ3v) is 5.89. The lowest BCUT2D eigenvalue weighted by molar-refractivity contribution is 0.102. The number of para-hydroxylation sites is 1. The molecule has 168 valence electrons. The van der Waals surface area contributed by atoms with Crippen LogP contribution in [0.15, 0.2) is 71.6 Å². The highest BCUT2D eigenvalue weighted by atomic mass is 32.2. The van der Waals surface area contributed by atoms with E-state index in [1.807, 2.05) is 0 Å². The highest BCUT2D eigenvalue weighted by Gasteiger charge is 2.19. The van der Waals surface area contributed by atoms with Gasteiger partial charge >= 0.3 is 0 Å². The summed E-state index contributed by atoms with van der Waals surface area (Å²) in [5.41, 5.74) is 1.07. The maximum absolute atomic E-state index is 13.9. The van der Waals surface area contributed by atoms with Gasteiger partial charge in [0.2, 0.25) is 0 Å². The van der Waals surface area contributed by atoms with Crippen molar-refractivity contribution in [3.8, 4) is 5.75 Å². The van der Waals surface area contributed by atoms with Crippen LogP contribution in [0.3, 0.4) is 0 Å². The van der Waals surface area contributed by atoms with Crippen molar-refractivity contribution in [2.24, 2.45) is 0 Å². The molecule has 3 rings (SSSR count). The summed E-state index contributed by atoms with van der Waals surface area (Å²) in [7, 11) is -2.53. The van der Waals surface area contributed by atoms with Gasteiger partial charge in [-0.1, -0.05) is 24.3 Å². The Labute approximate surface area is 186 Å². The normalized spacial score (nSPS) is 11.1. The number of halogens is 1. The molecule has 0 aliphatic rings. The number of rotatable bonds is 9. The second kappa shape index (κ2) is 10.3. The van der Waals surface area contributed by atoms with Gasteiger partial charge in [0.15, 0.2) is 0 Å². The minimum Gasteiger partial charge on any atom is -0.491 e. The lowest BCUT2D eigenvalue weighted by Crippen LogP contribution is -2.17. The zero-order chi connectivity index (χ0) is 23.1. The molecule has 0 atom stereocenters. The molecule has 0 heterocycles. The average Bonchev–Trinajstić information content (AvgIpc) is 2.76. The summed E-state index contributed by atoms with van der Waals surface area (Å²) in [5, 5.41) is 2.74. The smallest absolute Gasteiger partial charge is 0.262 e. The molecule has 0 bridgehead atoms. The van der Waals surface area contributed by atoms with Gasteiger partial charge in [-0.3, -0.25) is 9.52 Å². The minimum atomic E-state index is -4.10. The SMILES string of the molecule is COCCOc1cccc(NC(=O)c2cc(S(=O)(=O)Nc3ccccc3F)ccc2C)c1. The average molecular weight is 459 g/mol. The number of methoxy groups -OCH3 is 1. The lowest BCUT2D eigenvalue weighted by Gasteiger charge is -2.13. The first-order valence-corrected chi connectivity index (χ1v) is 11.2. The summed E-state index contributed by atoms with van der Waals surface area (Å²) in [6.07, 6.45) is 0. The number of hydrogen-bond acceptors (Lipinski definition) is 5. The third-order valence-electron chi connectivity index (χ3n) is 4.53. The van der Waals surface area contributed by atoms with E-state index in [1.54, 1.807) is 38.3 Å². The summed E-state index contributed by atoms with van der Waals surface area (Å²) in [6, 6.07) is 16.4. The molecule has 0 unspecified atom stereocenters. The van der Waals surface area contributed by atoms with Gasteiger partial charge in [0.1, 0.15) is 18.2 Å². The number of carbonyl (C=O) groups excluding carboxylic acids is 1. The molecule has 3 aromatic carbocycles. The van der Waals surface area contributed by atoms with Crippen LogP contribution in [-0.4, -0.2) is 34.6 Å². The fourth-order valence-electron chi connectivity index (χ4n) is 2.87. The quantitative estimate of drug-likeness (QED) is 0.469. The molecule has 32 heavy (non-hydrogen) atoms. The number of nitrogens with one attached hydrogen (secondary N) is 2. The number of hydrogen-bond donors (Lipinski definition) is 2. The first-order valence-electron chi connectivity index (χ1n) is 9.71. The van der Waals surface area contributed by atoms with E-state index < -0.39 is 21.7 Å². The Kier molecular flexibility index (Phi) is 7.45. The summed E-state index contributed by atoms with van der Waals surface area (Å²) < 4.78 is 52.0. The Morgan fingerprint density at radius 3 is 2.53 bits per heavy atom. The maximum atomic E-state index is 13.9. The fraction of sp³-hybridized carbons (Fsp3) is 0.174. The van der Waals surface area contributed by atoms with Gasteiger partial charge < -0.3 is 14.8 Å². The van der Waals surface area contributed by atoms with Gasteiger partial charge in [0.25, 0.3) is 15.9 Å². The Morgan fingerprint density at radius 1 is 1.00 bits per heavy atom. The van der Waals surface area contributed by atoms with Crippen molar-refractivity contribution in [2.75, 3.05) is 30.4 Å². The number of benzene rings is 3. The van der Waals surface area contributed by atoms with Gasteiger partial charge in [0, 0.05) is 24.4 Å². The molecular weight excluding hydrogens is 435 g/mol. The van der Waals surface area contributed by atoms with Crippen LogP contribution in [0.1, 0.15) is 15.9 Å². The van der Waals surface area contributed by atoms with Gasteiger partial charge in [-0.15, -0.1) is 0 Å². The molecular formula is C23H23FN2O5S. The summed E-state index contributed by atoms with van der Waals surface area (Å²) in [5.74, 6) is -0.629. The zero-order valence-electron chi connectivity index (χ0n) is 17.6. The van der Waals surface area contributed by atoms with Crippen LogP contribution in [-0.2, 0) is 14.8 Å². The Bertz CT molecular complexity index is 1210. The number of sulfonamides is 1. The maximum Gasteiger partial charge on any atom is 0.262 e. The topological polar surface area (TPSA) is 93.7 Å². The molecule has 0 saturated carbocycles. The van der Waals surface area contributed by atoms with Crippen molar-refractivity contribution in [1.82, 2.24) is 0 Å². The van der Waals surface area contributed by atoms with Crippen molar-refractivity contribution >= 4 is 27.3 Å². The minimum absolute atomic E-state index is 0.159. The van der Waals surface area contributed by atoms with E-state index in [1.165, 1.54) is 36.4 Å². The summed E-state index contributed by atoms with van der Waals surface area (Å²) in [4.78, 5) is 12.7. The molecule has 2 N–H and O–H groups in total. The van der Waals surface area contributed by atoms with Crippen molar-refractivity contribution in [3.63, 3.8) is 0 Å². The second-order valence-corrected chi connectivity index (χ2v) is 8.57. The molecule has 0 aromatic heterocycles. The van der Waals surface area contributed by atoms with Crippen LogP contribution in [0, 0.1) is 12.7 Å². The molecule has 9 heteroatoms. The van der Waals surface area contributed by atoms with Crippen LogP contribution >= 0.6 is 0 Å². The van der Waals surface area contributed by atoms with Crippen molar-refractivity contribution in [3.05, 3.63) is 83.7 Å². The molecule has 0 aliphatic carbocycles. The van der Waals surface area contributed by atoms with E-state index in [2.05, 4.69) is 10.0 Å². The lowest BCUT2D eigenvalue weighted by atomic mass is 10.1. The van der Waals surface area contributed by atoms with Gasteiger partial charge in [0.05, 0.1) is 17.2 Å². The molecule has 0 radical (unpaired) electrons. The zero-order valence-corrected chi connectivity index (χ0v) is 18.4. The molecule has 0 saturated heterocycles. The largest absolute Gasteiger partial charge is 0.491 e. The van der Waals surface area contributed by atoms with Crippen molar-refractivity contribution < 1.29 is 27.1 Å². The van der Waals surface area contributed by atoms with Crippen LogP contribution in [0.4, 0.5) is 15.8 Å². The predicted molar refractivity (Wildman–Crippen MR) is 120 cm³/mol. The molecule has 0 spiro atoms. The van der Waals surface area contributed by atoms with Crippen LogP contribution in [0.2, 0.25) is 0 Å². The first kappa shape index (κ1) is 23.2. The highest BCUT2D eigenvalue weighted by Crippen LogP contribution is 2.23. The van der Waals surface area contributed by atoms with Crippen molar-refractivity contribution in [1.29, 1.82) is 0 Å². The van der Waals surface area contributed by atoms with E-state index >= 15 is 0 Å². The molecule has 1 amide bonds. The number of anilines is 2. The number of ether oxygens (including phenoxy) is 2. The molecule has 7 nitrogen and oxygen atoms in total. The Morgan fingerprint density at radius 2 is 1.78 bits per heavy atom. The van der Waals surface area contributed by atoms with E-state index in [4.69, 9.17) is 9.47 Å². The molecule has 0 fully saturated rings. The number of amides is 1.